The fourth-order valence-electron chi connectivity index (χ4n) is 3.61. The third-order valence-corrected chi connectivity index (χ3v) is 10.7. The molecule has 0 radical (unpaired) electrons. The molecule has 130 valence electrons. The van der Waals surface area contributed by atoms with Gasteiger partial charge < -0.3 is 0 Å². The molecule has 0 fully saturated rings. The van der Waals surface area contributed by atoms with Crippen molar-refractivity contribution in [1.29, 1.82) is 0 Å². The van der Waals surface area contributed by atoms with Crippen molar-refractivity contribution in [3.63, 3.8) is 0 Å². The van der Waals surface area contributed by atoms with E-state index in [0.29, 0.717) is 6.61 Å². The summed E-state index contributed by atoms with van der Waals surface area (Å²) in [4.78, 5) is 0. The minimum absolute atomic E-state index is 0.392. The van der Waals surface area contributed by atoms with Gasteiger partial charge in [0.1, 0.15) is 0 Å². The van der Waals surface area contributed by atoms with Gasteiger partial charge in [-0.25, -0.2) is 0 Å². The summed E-state index contributed by atoms with van der Waals surface area (Å²) in [5, 5.41) is 9.12. The molecule has 0 saturated heterocycles. The molecular formula is C19H43OP. The van der Waals surface area contributed by atoms with Gasteiger partial charge in [0.2, 0.25) is 0 Å². The summed E-state index contributed by atoms with van der Waals surface area (Å²) in [5.74, 6) is 0. The van der Waals surface area contributed by atoms with Crippen LogP contribution in [0.25, 0.3) is 0 Å². The predicted molar refractivity (Wildman–Crippen MR) is 103 cm³/mol. The molecular weight excluding hydrogens is 275 g/mol. The van der Waals surface area contributed by atoms with Gasteiger partial charge in [-0.2, -0.15) is 0 Å². The third-order valence-electron chi connectivity index (χ3n) is 5.05. The number of hydrogen-bond donors (Lipinski definition) is 1. The fraction of sp³-hybridized carbons (Fsp3) is 1.00. The van der Waals surface area contributed by atoms with Crippen molar-refractivity contribution in [2.24, 2.45) is 0 Å². The van der Waals surface area contributed by atoms with Crippen LogP contribution in [0.1, 0.15) is 91.4 Å². The molecule has 0 rings (SSSR count). The zero-order valence-corrected chi connectivity index (χ0v) is 16.3. The number of hydrogen-bond acceptors (Lipinski definition) is 1. The van der Waals surface area contributed by atoms with Crippen molar-refractivity contribution in [3.05, 3.63) is 0 Å². The molecule has 2 heteroatoms. The Bertz CT molecular complexity index is 160. The maximum absolute atomic E-state index is 9.12. The zero-order valence-electron chi connectivity index (χ0n) is 15.3. The van der Waals surface area contributed by atoms with E-state index < -0.39 is 7.26 Å². The van der Waals surface area contributed by atoms with Crippen LogP contribution in [0.15, 0.2) is 0 Å². The summed E-state index contributed by atoms with van der Waals surface area (Å²) < 4.78 is 0. The van der Waals surface area contributed by atoms with Gasteiger partial charge >= 0.3 is 135 Å². The third kappa shape index (κ3) is 11.6. The molecule has 1 N–H and O–H groups in total. The van der Waals surface area contributed by atoms with Crippen LogP contribution in [0.2, 0.25) is 0 Å². The number of unbranched alkanes of at least 4 members (excludes halogenated alkanes) is 7. The average Bonchev–Trinajstić information content (AvgIpc) is 2.48. The zero-order chi connectivity index (χ0) is 15.8. The molecule has 0 bridgehead atoms. The van der Waals surface area contributed by atoms with E-state index in [0.717, 1.165) is 6.42 Å². The van der Waals surface area contributed by atoms with E-state index in [2.05, 4.69) is 20.8 Å². The molecule has 0 aliphatic heterocycles. The molecule has 0 aromatic heterocycles. The van der Waals surface area contributed by atoms with Crippen molar-refractivity contribution in [2.45, 2.75) is 91.4 Å². The van der Waals surface area contributed by atoms with E-state index in [1.165, 1.54) is 70.4 Å². The van der Waals surface area contributed by atoms with Gasteiger partial charge in [-0.15, -0.1) is 0 Å². The van der Waals surface area contributed by atoms with Crippen LogP contribution in [0.5, 0.6) is 0 Å². The molecule has 0 aromatic carbocycles. The summed E-state index contributed by atoms with van der Waals surface area (Å²) in [7, 11) is -1.06. The van der Waals surface area contributed by atoms with E-state index >= 15 is 0 Å². The van der Waals surface area contributed by atoms with Crippen molar-refractivity contribution >= 4 is 7.26 Å². The number of aliphatic hydroxyl groups excluding tert-OH is 1. The monoisotopic (exact) mass is 318 g/mol. The first kappa shape index (κ1) is 21.4. The van der Waals surface area contributed by atoms with E-state index in [4.69, 9.17) is 5.11 Å². The van der Waals surface area contributed by atoms with Gasteiger partial charge in [0, 0.05) is 0 Å². The van der Waals surface area contributed by atoms with Crippen LogP contribution in [-0.4, -0.2) is 36.4 Å². The van der Waals surface area contributed by atoms with Crippen LogP contribution in [-0.2, 0) is 0 Å². The van der Waals surface area contributed by atoms with Crippen molar-refractivity contribution < 1.29 is 5.11 Å². The first-order chi connectivity index (χ1) is 10.2. The number of rotatable bonds is 16. The summed E-state index contributed by atoms with van der Waals surface area (Å²) >= 11 is 0. The molecule has 0 amide bonds. The van der Waals surface area contributed by atoms with Crippen molar-refractivity contribution in [2.75, 3.05) is 31.3 Å². The Kier molecular flexibility index (Phi) is 15.6. The summed E-state index contributed by atoms with van der Waals surface area (Å²) in [6, 6.07) is 0. The van der Waals surface area contributed by atoms with E-state index in [1.54, 1.807) is 18.5 Å². The quantitative estimate of drug-likeness (QED) is 0.270. The summed E-state index contributed by atoms with van der Waals surface area (Å²) in [6.45, 7) is 7.36. The Hall–Kier alpha value is 0.390. The van der Waals surface area contributed by atoms with Crippen LogP contribution in [0, 0.1) is 0 Å². The Morgan fingerprint density at radius 2 is 0.857 bits per heavy atom. The number of aliphatic hydroxyl groups is 1. The SMILES string of the molecule is CCCCC[PH](CCCCC)(CCCCC)CCCCO. The Labute approximate surface area is 135 Å². The van der Waals surface area contributed by atoms with Gasteiger partial charge in [-0.3, -0.25) is 0 Å². The molecule has 0 atom stereocenters. The minimum atomic E-state index is -1.06. The maximum atomic E-state index is 9.12. The van der Waals surface area contributed by atoms with Gasteiger partial charge in [-0.1, -0.05) is 0 Å². The van der Waals surface area contributed by atoms with E-state index in [1.807, 2.05) is 0 Å². The molecule has 0 unspecified atom stereocenters. The molecule has 0 aromatic rings. The molecule has 0 aliphatic rings. The van der Waals surface area contributed by atoms with Gasteiger partial charge in [0.15, 0.2) is 0 Å². The second kappa shape index (κ2) is 15.3. The van der Waals surface area contributed by atoms with Crippen LogP contribution >= 0.6 is 7.26 Å². The second-order valence-corrected chi connectivity index (χ2v) is 12.1. The van der Waals surface area contributed by atoms with Crippen molar-refractivity contribution in [1.82, 2.24) is 0 Å². The van der Waals surface area contributed by atoms with Gasteiger partial charge in [0.05, 0.1) is 0 Å². The fourth-order valence-corrected chi connectivity index (χ4v) is 9.11. The molecule has 1 nitrogen and oxygen atoms in total. The van der Waals surface area contributed by atoms with Crippen LogP contribution in [0.4, 0.5) is 0 Å². The topological polar surface area (TPSA) is 20.2 Å². The Morgan fingerprint density at radius 3 is 1.14 bits per heavy atom. The van der Waals surface area contributed by atoms with E-state index in [9.17, 15) is 0 Å². The average molecular weight is 319 g/mol. The van der Waals surface area contributed by atoms with Crippen molar-refractivity contribution in [3.8, 4) is 0 Å². The van der Waals surface area contributed by atoms with Gasteiger partial charge in [-0.05, 0) is 0 Å². The first-order valence-corrected chi connectivity index (χ1v) is 12.7. The summed E-state index contributed by atoms with van der Waals surface area (Å²) in [6.07, 6.45) is 21.3. The predicted octanol–water partition coefficient (Wildman–Crippen LogP) is 6.08. The van der Waals surface area contributed by atoms with Gasteiger partial charge in [0.25, 0.3) is 0 Å². The molecule has 0 saturated carbocycles. The second-order valence-electron chi connectivity index (χ2n) is 7.05. The molecule has 0 spiro atoms. The molecule has 0 heterocycles. The molecule has 21 heavy (non-hydrogen) atoms. The Balaban J connectivity index is 4.52. The van der Waals surface area contributed by atoms with Crippen LogP contribution < -0.4 is 0 Å². The first-order valence-electron chi connectivity index (χ1n) is 9.85. The molecule has 0 aliphatic carbocycles. The van der Waals surface area contributed by atoms with Crippen LogP contribution in [0.3, 0.4) is 0 Å². The Morgan fingerprint density at radius 1 is 0.524 bits per heavy atom. The normalized spacial score (nSPS) is 12.8. The van der Waals surface area contributed by atoms with E-state index in [-0.39, 0.29) is 0 Å². The summed E-state index contributed by atoms with van der Waals surface area (Å²) in [5.41, 5.74) is 0. The standard InChI is InChI=1S/C19H43OP/c1-4-7-11-16-21(17-12-8-5-2,18-13-9-6-3)19-14-10-15-20/h20-21H,4-19H2,1-3H3.